The van der Waals surface area contributed by atoms with Crippen molar-refractivity contribution in [1.82, 2.24) is 9.78 Å². The third kappa shape index (κ3) is 2.03. The van der Waals surface area contributed by atoms with Gasteiger partial charge < -0.3 is 11.1 Å². The van der Waals surface area contributed by atoms with E-state index in [0.717, 1.165) is 0 Å². The topological polar surface area (TPSA) is 72.9 Å². The Bertz CT molecular complexity index is 518. The monoisotopic (exact) mass is 216 g/mol. The lowest BCUT2D eigenvalue weighted by Gasteiger charge is -2.05. The average molecular weight is 216 g/mol. The van der Waals surface area contributed by atoms with E-state index >= 15 is 0 Å². The maximum atomic E-state index is 11.8. The predicted octanol–water partition coefficient (Wildman–Crippen LogP) is 1.25. The lowest BCUT2D eigenvalue weighted by atomic mass is 10.2. The fourth-order valence-electron chi connectivity index (χ4n) is 1.36. The van der Waals surface area contributed by atoms with Gasteiger partial charge in [0.05, 0.1) is 6.20 Å². The molecule has 82 valence electrons. The Morgan fingerprint density at radius 1 is 1.44 bits per heavy atom. The first-order chi connectivity index (χ1) is 7.66. The van der Waals surface area contributed by atoms with Crippen LogP contribution in [0.5, 0.6) is 0 Å². The second kappa shape index (κ2) is 4.06. The van der Waals surface area contributed by atoms with Crippen LogP contribution < -0.4 is 11.1 Å². The highest BCUT2D eigenvalue weighted by Crippen LogP contribution is 2.10. The molecule has 1 aromatic carbocycles. The Morgan fingerprint density at radius 3 is 2.88 bits per heavy atom. The van der Waals surface area contributed by atoms with Crippen LogP contribution in [0.25, 0.3) is 0 Å². The zero-order chi connectivity index (χ0) is 11.5. The molecule has 0 bridgehead atoms. The lowest BCUT2D eigenvalue weighted by Crippen LogP contribution is -2.14. The minimum Gasteiger partial charge on any atom is -0.399 e. The fraction of sp³-hybridized carbons (Fsp3) is 0.0909. The summed E-state index contributed by atoms with van der Waals surface area (Å²) in [7, 11) is 1.76. The van der Waals surface area contributed by atoms with Crippen molar-refractivity contribution in [3.63, 3.8) is 0 Å². The van der Waals surface area contributed by atoms with E-state index in [0.29, 0.717) is 17.1 Å². The van der Waals surface area contributed by atoms with Crippen molar-refractivity contribution < 1.29 is 4.79 Å². The zero-order valence-corrected chi connectivity index (χ0v) is 8.84. The Hall–Kier alpha value is -2.30. The molecule has 1 aromatic heterocycles. The summed E-state index contributed by atoms with van der Waals surface area (Å²) in [5.41, 5.74) is 6.70. The summed E-state index contributed by atoms with van der Waals surface area (Å²) in [6, 6.07) is 8.55. The van der Waals surface area contributed by atoms with Crippen molar-refractivity contribution in [3.8, 4) is 0 Å². The molecule has 0 radical (unpaired) electrons. The highest BCUT2D eigenvalue weighted by molar-refractivity contribution is 6.04. The van der Waals surface area contributed by atoms with Gasteiger partial charge in [-0.2, -0.15) is 5.10 Å². The maximum Gasteiger partial charge on any atom is 0.256 e. The van der Waals surface area contributed by atoms with Crippen molar-refractivity contribution in [2.45, 2.75) is 0 Å². The van der Waals surface area contributed by atoms with Crippen molar-refractivity contribution in [1.29, 1.82) is 0 Å². The predicted molar refractivity (Wildman–Crippen MR) is 62.0 cm³/mol. The van der Waals surface area contributed by atoms with E-state index in [2.05, 4.69) is 10.4 Å². The average Bonchev–Trinajstić information content (AvgIpc) is 2.64. The molecule has 16 heavy (non-hydrogen) atoms. The van der Waals surface area contributed by atoms with Gasteiger partial charge in [-0.15, -0.1) is 0 Å². The Kier molecular flexibility index (Phi) is 2.59. The molecule has 0 unspecified atom stereocenters. The lowest BCUT2D eigenvalue weighted by molar-refractivity contribution is 0.102. The molecule has 5 nitrogen and oxygen atoms in total. The van der Waals surface area contributed by atoms with Crippen LogP contribution in [-0.4, -0.2) is 15.7 Å². The van der Waals surface area contributed by atoms with Crippen LogP contribution in [0.2, 0.25) is 0 Å². The number of amides is 1. The summed E-state index contributed by atoms with van der Waals surface area (Å²) in [4.78, 5) is 11.8. The number of benzene rings is 1. The van der Waals surface area contributed by atoms with E-state index in [4.69, 9.17) is 5.73 Å². The highest BCUT2D eigenvalue weighted by Gasteiger charge is 2.07. The number of nitrogen functional groups attached to an aromatic ring is 1. The Morgan fingerprint density at radius 2 is 2.25 bits per heavy atom. The molecular weight excluding hydrogens is 204 g/mol. The van der Waals surface area contributed by atoms with Gasteiger partial charge in [0.2, 0.25) is 0 Å². The number of aryl methyl sites for hydroxylation is 1. The minimum atomic E-state index is -0.198. The van der Waals surface area contributed by atoms with Crippen LogP contribution in [0, 0.1) is 0 Å². The van der Waals surface area contributed by atoms with E-state index in [1.807, 2.05) is 0 Å². The van der Waals surface area contributed by atoms with Crippen LogP contribution in [0.15, 0.2) is 36.5 Å². The van der Waals surface area contributed by atoms with Crippen molar-refractivity contribution in [2.75, 3.05) is 11.1 Å². The quantitative estimate of drug-likeness (QED) is 0.742. The number of carbonyl (C=O) groups excluding carboxylic acids is 1. The molecule has 0 fully saturated rings. The molecule has 1 amide bonds. The zero-order valence-electron chi connectivity index (χ0n) is 8.84. The molecule has 2 rings (SSSR count). The number of rotatable bonds is 2. The first kappa shape index (κ1) is 10.2. The molecule has 0 spiro atoms. The molecule has 3 N–H and O–H groups in total. The number of hydrogen-bond acceptors (Lipinski definition) is 3. The number of nitrogens with two attached hydrogens (primary N) is 1. The van der Waals surface area contributed by atoms with E-state index in [9.17, 15) is 4.79 Å². The Labute approximate surface area is 92.9 Å². The van der Waals surface area contributed by atoms with Gasteiger partial charge in [-0.1, -0.05) is 6.07 Å². The summed E-state index contributed by atoms with van der Waals surface area (Å²) >= 11 is 0. The molecule has 0 saturated carbocycles. The number of aromatic nitrogens is 2. The van der Waals surface area contributed by atoms with Gasteiger partial charge in [0.15, 0.2) is 0 Å². The van der Waals surface area contributed by atoms with Gasteiger partial charge in [0.25, 0.3) is 5.91 Å². The second-order valence-electron chi connectivity index (χ2n) is 3.42. The third-order valence-corrected chi connectivity index (χ3v) is 2.21. The van der Waals surface area contributed by atoms with Crippen LogP contribution >= 0.6 is 0 Å². The SMILES string of the molecule is Cn1nccc1NC(=O)c1cccc(N)c1. The molecule has 0 aliphatic carbocycles. The highest BCUT2D eigenvalue weighted by atomic mass is 16.1. The molecule has 5 heteroatoms. The summed E-state index contributed by atoms with van der Waals surface area (Å²) in [5.74, 6) is 0.448. The number of nitrogens with zero attached hydrogens (tertiary/aromatic N) is 2. The van der Waals surface area contributed by atoms with Crippen LogP contribution in [0.1, 0.15) is 10.4 Å². The summed E-state index contributed by atoms with van der Waals surface area (Å²) in [6.45, 7) is 0. The molecular formula is C11H12N4O. The molecule has 0 aliphatic rings. The smallest absolute Gasteiger partial charge is 0.256 e. The van der Waals surface area contributed by atoms with Crippen molar-refractivity contribution in [3.05, 3.63) is 42.1 Å². The van der Waals surface area contributed by atoms with Gasteiger partial charge in [0, 0.05) is 24.4 Å². The van der Waals surface area contributed by atoms with Gasteiger partial charge in [-0.05, 0) is 18.2 Å². The number of anilines is 2. The Balaban J connectivity index is 2.18. The van der Waals surface area contributed by atoms with Crippen LogP contribution in [-0.2, 0) is 7.05 Å². The van der Waals surface area contributed by atoms with Crippen LogP contribution in [0.3, 0.4) is 0 Å². The number of hydrogen-bond donors (Lipinski definition) is 2. The first-order valence-corrected chi connectivity index (χ1v) is 4.82. The summed E-state index contributed by atoms with van der Waals surface area (Å²) < 4.78 is 1.59. The number of carbonyl (C=O) groups is 1. The van der Waals surface area contributed by atoms with Crippen LogP contribution in [0.4, 0.5) is 11.5 Å². The summed E-state index contributed by atoms with van der Waals surface area (Å²) in [6.07, 6.45) is 1.62. The maximum absolute atomic E-state index is 11.8. The molecule has 1 heterocycles. The number of nitrogens with one attached hydrogen (secondary N) is 1. The first-order valence-electron chi connectivity index (χ1n) is 4.82. The normalized spacial score (nSPS) is 10.1. The van der Waals surface area contributed by atoms with E-state index in [1.54, 1.807) is 48.3 Å². The van der Waals surface area contributed by atoms with E-state index in [1.165, 1.54) is 0 Å². The minimum absolute atomic E-state index is 0.198. The van der Waals surface area contributed by atoms with Gasteiger partial charge in [0.1, 0.15) is 5.82 Å². The standard InChI is InChI=1S/C11H12N4O/c1-15-10(5-6-13-15)14-11(16)8-3-2-4-9(12)7-8/h2-7H,12H2,1H3,(H,14,16). The third-order valence-electron chi connectivity index (χ3n) is 2.21. The second-order valence-corrected chi connectivity index (χ2v) is 3.42. The van der Waals surface area contributed by atoms with Gasteiger partial charge in [-0.25, -0.2) is 0 Å². The van der Waals surface area contributed by atoms with E-state index in [-0.39, 0.29) is 5.91 Å². The summed E-state index contributed by atoms with van der Waals surface area (Å²) in [5, 5.41) is 6.70. The van der Waals surface area contributed by atoms with E-state index < -0.39 is 0 Å². The van der Waals surface area contributed by atoms with Gasteiger partial charge >= 0.3 is 0 Å². The van der Waals surface area contributed by atoms with Crippen molar-refractivity contribution >= 4 is 17.4 Å². The van der Waals surface area contributed by atoms with Gasteiger partial charge in [-0.3, -0.25) is 9.48 Å². The molecule has 0 aliphatic heterocycles. The fourth-order valence-corrected chi connectivity index (χ4v) is 1.36. The van der Waals surface area contributed by atoms with Crippen molar-refractivity contribution in [2.24, 2.45) is 7.05 Å². The largest absolute Gasteiger partial charge is 0.399 e. The molecule has 2 aromatic rings. The molecule has 0 atom stereocenters. The molecule has 0 saturated heterocycles.